The summed E-state index contributed by atoms with van der Waals surface area (Å²) >= 11 is 2.76. The number of nitrogens with zero attached hydrogens (tertiary/aromatic N) is 2. The molecule has 30 heteroatoms. The fourth-order valence-corrected chi connectivity index (χ4v) is 14.2. The van der Waals surface area contributed by atoms with Crippen LogP contribution in [-0.4, -0.2) is 190 Å². The fraction of sp³-hybridized carbons (Fsp3) is 0.507. The van der Waals surface area contributed by atoms with Gasteiger partial charge in [0.25, 0.3) is 0 Å². The Labute approximate surface area is 619 Å². The molecule has 105 heavy (non-hydrogen) atoms. The first-order chi connectivity index (χ1) is 49.5. The van der Waals surface area contributed by atoms with Gasteiger partial charge in [0.15, 0.2) is 11.6 Å². The smallest absolute Gasteiger partial charge is 0.246 e. The van der Waals surface area contributed by atoms with Crippen LogP contribution in [0.4, 0.5) is 0 Å². The summed E-state index contributed by atoms with van der Waals surface area (Å²) in [4.78, 5) is 181. The molecule has 7 rings (SSSR count). The van der Waals surface area contributed by atoms with Crippen LogP contribution >= 0.6 is 23.5 Å². The van der Waals surface area contributed by atoms with E-state index in [0.29, 0.717) is 51.4 Å². The second-order valence-corrected chi connectivity index (χ2v) is 31.3. The number of nitrogens with one attached hydrogen (secondary N) is 9. The van der Waals surface area contributed by atoms with Gasteiger partial charge >= 0.3 is 0 Å². The number of aliphatic hydroxyl groups excluding tert-OH is 2. The van der Waals surface area contributed by atoms with E-state index in [2.05, 4.69) is 52.5 Å². The van der Waals surface area contributed by atoms with Crippen molar-refractivity contribution in [2.24, 2.45) is 28.9 Å². The number of hydrogen-bond acceptors (Lipinski definition) is 19. The van der Waals surface area contributed by atoms with Gasteiger partial charge < -0.3 is 78.6 Å². The Morgan fingerprint density at radius 3 is 1.93 bits per heavy atom. The van der Waals surface area contributed by atoms with Gasteiger partial charge in [0.2, 0.25) is 59.1 Å². The third kappa shape index (κ3) is 23.1. The van der Waals surface area contributed by atoms with Crippen LogP contribution in [0.2, 0.25) is 0 Å². The summed E-state index contributed by atoms with van der Waals surface area (Å²) < 4.78 is 0. The largest absolute Gasteiger partial charge is 0.508 e. The van der Waals surface area contributed by atoms with Crippen molar-refractivity contribution in [3.63, 3.8) is 0 Å². The molecule has 0 radical (unpaired) electrons. The standard InChI is InChI=1S/C75H100N12O16S2/c1-41(2)75(10)59(93)35-50(37-88)65(96)82-56(63(76)95)40-105-39-47-15-11-14-46(30-47)38-104-29-26-60(94)83-62(73(5,6)7)70(101)81-55(32-45-20-24-52(91)25-21-45)71(102)87-28-13-17-57(87)68(99)84-61(43(4)89)69(100)80-54(33-49-36-78-64-53(49)16-12-27-77-64)67(98)85-74(8,9)72(103)79-42(3)58(92)34-48(66(97)86-75)31-44-18-22-51(90)23-19-44/h11-12,14-16,18-25,27,30,36,41-43,48,50,54-57,61-62,88-91H,13,17,26,28-29,31-35,37-40H2,1-10H3,(H2,76,95)(H,77,78)(H,79,103)(H,80,100)(H,81,101)(H,82,96)(H,83,94)(H,84,99)(H,85,98)(H,86,97)/t42-,43+,48+,50-,54-,55-,56-,57-,61-,62+,75-/m0/s1. The van der Waals surface area contributed by atoms with Crippen LogP contribution in [0.25, 0.3) is 11.0 Å². The normalized spacial score (nSPS) is 25.5. The molecule has 0 aliphatic carbocycles. The molecule has 10 amide bonds. The summed E-state index contributed by atoms with van der Waals surface area (Å²) in [7, 11) is 0. The van der Waals surface area contributed by atoms with Crippen molar-refractivity contribution in [3.8, 4) is 11.5 Å². The number of aliphatic hydroxyl groups is 2. The molecule has 2 aromatic heterocycles. The highest BCUT2D eigenvalue weighted by Crippen LogP contribution is 2.29. The molecular weight excluding hydrogens is 1390 g/mol. The van der Waals surface area contributed by atoms with E-state index in [-0.39, 0.29) is 55.9 Å². The lowest BCUT2D eigenvalue weighted by Gasteiger charge is -2.36. The second-order valence-electron chi connectivity index (χ2n) is 29.2. The van der Waals surface area contributed by atoms with E-state index in [1.165, 1.54) is 87.3 Å². The van der Waals surface area contributed by atoms with E-state index in [1.807, 2.05) is 24.3 Å². The summed E-state index contributed by atoms with van der Waals surface area (Å²) in [6.45, 7) is 14.5. The number of phenols is 2. The molecule has 0 spiro atoms. The molecule has 2 aliphatic rings. The lowest BCUT2D eigenvalue weighted by Crippen LogP contribution is -2.63. The van der Waals surface area contributed by atoms with Gasteiger partial charge in [-0.1, -0.05) is 83.1 Å². The molecule has 11 atom stereocenters. The summed E-state index contributed by atoms with van der Waals surface area (Å²) in [5.74, 6) is -11.5. The number of amides is 10. The summed E-state index contributed by atoms with van der Waals surface area (Å²) in [6, 6.07) is 13.2. The van der Waals surface area contributed by atoms with Crippen LogP contribution in [0.1, 0.15) is 129 Å². The molecule has 0 saturated carbocycles. The third-order valence-corrected chi connectivity index (χ3v) is 21.2. The SMILES string of the molecule is CC(C)[C@]1(C)NC(=O)[C@H](Cc2ccc(O)cc2)CC(=O)[C@H](C)NC(=O)C(C)(C)NC(=O)[C@H](Cc2c[nH]c3ncccc23)NC(=O)[C@H]([C@@H](C)O)NC(=O)[C@@H]2CCCN2C(=O)[C@H](Cc2ccc(O)cc2)NC(=O)[C@H](C(C)(C)C)NC(=O)CCSCc2cccc(c2)CSC[C@@H](C(N)=O)NC(=O)[C@H](CO)CC1=O. The minimum atomic E-state index is -1.86. The maximum absolute atomic E-state index is 15.0. The maximum Gasteiger partial charge on any atom is 0.246 e. The minimum absolute atomic E-state index is 0.00365. The maximum atomic E-state index is 15.0. The highest BCUT2D eigenvalue weighted by Gasteiger charge is 2.45. The van der Waals surface area contributed by atoms with E-state index in [4.69, 9.17) is 5.73 Å². The van der Waals surface area contributed by atoms with Crippen molar-refractivity contribution in [1.29, 1.82) is 0 Å². The van der Waals surface area contributed by atoms with Gasteiger partial charge in [0.1, 0.15) is 58.9 Å². The van der Waals surface area contributed by atoms with Gasteiger partial charge in [0, 0.05) is 85.4 Å². The fourth-order valence-electron chi connectivity index (χ4n) is 12.3. The molecule has 0 unspecified atom stereocenters. The molecule has 28 nitrogen and oxygen atoms in total. The number of carbonyl (C=O) groups excluding carboxylic acids is 12. The Bertz CT molecular complexity index is 3960. The highest BCUT2D eigenvalue weighted by atomic mass is 32.2. The monoisotopic (exact) mass is 1490 g/mol. The molecule has 2 bridgehead atoms. The van der Waals surface area contributed by atoms with Crippen LogP contribution in [0.15, 0.2) is 97.3 Å². The number of phenolic OH excluding ortho intramolecular Hbond substituents is 2. The number of Topliss-reactive ketones (excluding diaryl/α,β-unsaturated/α-hetero) is 2. The predicted octanol–water partition coefficient (Wildman–Crippen LogP) is 2.97. The van der Waals surface area contributed by atoms with E-state index in [0.717, 1.165) is 11.1 Å². The van der Waals surface area contributed by atoms with Crippen molar-refractivity contribution in [1.82, 2.24) is 57.4 Å². The van der Waals surface area contributed by atoms with Gasteiger partial charge in [-0.25, -0.2) is 4.98 Å². The third-order valence-electron chi connectivity index (χ3n) is 19.1. The van der Waals surface area contributed by atoms with Gasteiger partial charge in [0.05, 0.1) is 30.2 Å². The van der Waals surface area contributed by atoms with Crippen LogP contribution in [-0.2, 0) is 88.3 Å². The van der Waals surface area contributed by atoms with Crippen LogP contribution < -0.4 is 48.3 Å². The Kier molecular flexibility index (Phi) is 29.2. The zero-order chi connectivity index (χ0) is 77.3. The average molecular weight is 1490 g/mol. The van der Waals surface area contributed by atoms with E-state index in [9.17, 15) is 73.2 Å². The second kappa shape index (κ2) is 37.0. The quantitative estimate of drug-likeness (QED) is 0.0955. The van der Waals surface area contributed by atoms with Crippen LogP contribution in [0.5, 0.6) is 11.5 Å². The lowest BCUT2D eigenvalue weighted by atomic mass is 9.79. The first kappa shape index (κ1) is 82.9. The number of primary amides is 1. The van der Waals surface area contributed by atoms with Crippen LogP contribution in [0, 0.1) is 23.2 Å². The van der Waals surface area contributed by atoms with Gasteiger partial charge in [-0.3, -0.25) is 57.5 Å². The number of fused-ring (bicyclic) bond motifs is 4. The molecule has 568 valence electrons. The van der Waals surface area contributed by atoms with Gasteiger partial charge in [-0.05, 0) is 129 Å². The number of hydrogen-bond donors (Lipinski definition) is 14. The van der Waals surface area contributed by atoms with Crippen molar-refractivity contribution in [3.05, 3.63) is 125 Å². The number of benzene rings is 3. The van der Waals surface area contributed by atoms with E-state index < -0.39 is 173 Å². The number of nitrogens with two attached hydrogens (primary N) is 1. The average Bonchev–Trinajstić information content (AvgIpc) is 1.11. The van der Waals surface area contributed by atoms with Gasteiger partial charge in [-0.15, -0.1) is 0 Å². The summed E-state index contributed by atoms with van der Waals surface area (Å²) in [5, 5.41) is 64.4. The van der Waals surface area contributed by atoms with Gasteiger partial charge in [-0.2, -0.15) is 23.5 Å². The molecule has 1 saturated heterocycles. The summed E-state index contributed by atoms with van der Waals surface area (Å²) in [5.41, 5.74) is 5.04. The number of rotatable bonds is 10. The number of H-pyrrole nitrogens is 1. The van der Waals surface area contributed by atoms with Crippen molar-refractivity contribution < 1.29 is 78.0 Å². The number of aromatic hydroxyl groups is 2. The Hall–Kier alpha value is -9.39. The first-order valence-corrected chi connectivity index (χ1v) is 37.4. The lowest BCUT2D eigenvalue weighted by molar-refractivity contribution is -0.143. The van der Waals surface area contributed by atoms with E-state index >= 15 is 4.79 Å². The van der Waals surface area contributed by atoms with Crippen molar-refractivity contribution in [2.75, 3.05) is 24.7 Å². The number of aromatic nitrogens is 2. The number of pyridine rings is 1. The topological polar surface area (TPSA) is 440 Å². The van der Waals surface area contributed by atoms with Crippen LogP contribution in [0.3, 0.4) is 0 Å². The Morgan fingerprint density at radius 1 is 0.695 bits per heavy atom. The first-order valence-electron chi connectivity index (χ1n) is 35.1. The molecule has 1 fully saturated rings. The molecule has 3 aromatic carbocycles. The minimum Gasteiger partial charge on any atom is -0.508 e. The highest BCUT2D eigenvalue weighted by molar-refractivity contribution is 7.98. The number of carbonyl (C=O) groups is 12. The molecule has 4 heterocycles. The molecule has 5 aromatic rings. The number of ketones is 2. The zero-order valence-corrected chi connectivity index (χ0v) is 62.6. The molecule has 15 N–H and O–H groups in total. The molecule has 2 aliphatic heterocycles. The van der Waals surface area contributed by atoms with Crippen molar-refractivity contribution >= 4 is 105 Å². The Morgan fingerprint density at radius 2 is 1.32 bits per heavy atom. The molecular formula is C75H100N12O16S2. The number of thioether (sulfide) groups is 2. The zero-order valence-electron chi connectivity index (χ0n) is 61.0. The van der Waals surface area contributed by atoms with Crippen molar-refractivity contribution in [2.45, 2.75) is 192 Å². The predicted molar refractivity (Wildman–Crippen MR) is 396 cm³/mol. The Balaban J connectivity index is 1.19. The van der Waals surface area contributed by atoms with E-state index in [1.54, 1.807) is 83.4 Å². The summed E-state index contributed by atoms with van der Waals surface area (Å²) in [6.07, 6.45) is 0.306. The number of aromatic amines is 1.